The molecule has 0 aliphatic rings. The second-order valence-electron chi connectivity index (χ2n) is 2.79. The molecule has 0 saturated carbocycles. The van der Waals surface area contributed by atoms with E-state index in [9.17, 15) is 14.4 Å². The van der Waals surface area contributed by atoms with Crippen LogP contribution in [0.4, 0.5) is 0 Å². The molecule has 0 saturated heterocycles. The van der Waals surface area contributed by atoms with Gasteiger partial charge in [-0.3, -0.25) is 14.3 Å². The highest BCUT2D eigenvalue weighted by molar-refractivity contribution is 6.37. The summed E-state index contributed by atoms with van der Waals surface area (Å²) in [4.78, 5) is 33.1. The van der Waals surface area contributed by atoms with E-state index in [-0.39, 0.29) is 5.69 Å². The minimum Gasteiger partial charge on any atom is -0.463 e. The first kappa shape index (κ1) is 11.0. The highest BCUT2D eigenvalue weighted by atomic mass is 16.5. The summed E-state index contributed by atoms with van der Waals surface area (Å²) in [6.07, 6.45) is 0.818. The van der Waals surface area contributed by atoms with Gasteiger partial charge in [0.15, 0.2) is 5.78 Å². The van der Waals surface area contributed by atoms with Gasteiger partial charge in [0.05, 0.1) is 19.7 Å². The van der Waals surface area contributed by atoms with Crippen LogP contribution in [0.15, 0.2) is 6.20 Å². The Labute approximate surface area is 85.0 Å². The van der Waals surface area contributed by atoms with Crippen LogP contribution in [0.3, 0.4) is 0 Å². The number of carbonyl (C=O) groups excluding carboxylic acids is 3. The molecule has 0 aromatic carbocycles. The van der Waals surface area contributed by atoms with Crippen LogP contribution in [0.5, 0.6) is 0 Å². The van der Waals surface area contributed by atoms with Crippen molar-refractivity contribution in [2.24, 2.45) is 7.05 Å². The molecule has 7 nitrogen and oxygen atoms in total. The second-order valence-corrected chi connectivity index (χ2v) is 2.79. The van der Waals surface area contributed by atoms with Crippen molar-refractivity contribution >= 4 is 17.5 Å². The largest absolute Gasteiger partial charge is 0.463 e. The third-order valence-electron chi connectivity index (χ3n) is 1.62. The molecule has 7 heteroatoms. The van der Waals surface area contributed by atoms with E-state index in [0.717, 1.165) is 7.11 Å². The molecule has 0 bridgehead atoms. The number of ether oxygens (including phenoxy) is 1. The zero-order valence-electron chi connectivity index (χ0n) is 8.26. The molecule has 0 atom stereocenters. The molecule has 0 aliphatic carbocycles. The van der Waals surface area contributed by atoms with E-state index in [1.54, 1.807) is 7.05 Å². The molecule has 1 heterocycles. The number of Topliss-reactive ketones (excluding diaryl/α,β-unsaturated/α-hetero) is 2. The lowest BCUT2D eigenvalue weighted by atomic mass is 10.1. The Balaban J connectivity index is 2.64. The first-order chi connectivity index (χ1) is 7.04. The number of ketones is 2. The summed E-state index contributed by atoms with van der Waals surface area (Å²) in [7, 11) is 2.67. The maximum absolute atomic E-state index is 11.3. The molecule has 0 fully saturated rings. The predicted molar refractivity (Wildman–Crippen MR) is 47.0 cm³/mol. The van der Waals surface area contributed by atoms with Crippen molar-refractivity contribution in [3.05, 3.63) is 11.9 Å². The van der Waals surface area contributed by atoms with Gasteiger partial charge >= 0.3 is 5.97 Å². The number of aromatic nitrogens is 3. The third kappa shape index (κ3) is 2.70. The molecule has 0 amide bonds. The summed E-state index contributed by atoms with van der Waals surface area (Å²) in [6, 6.07) is 0. The van der Waals surface area contributed by atoms with Crippen molar-refractivity contribution in [3.63, 3.8) is 0 Å². The molecule has 1 aromatic rings. The van der Waals surface area contributed by atoms with Gasteiger partial charge in [0.1, 0.15) is 5.69 Å². The molecule has 0 N–H and O–H groups in total. The fourth-order valence-electron chi connectivity index (χ4n) is 0.897. The zero-order valence-corrected chi connectivity index (χ0v) is 8.26. The number of nitrogens with zero attached hydrogens (tertiary/aromatic N) is 3. The van der Waals surface area contributed by atoms with Crippen LogP contribution in [0, 0.1) is 0 Å². The summed E-state index contributed by atoms with van der Waals surface area (Å²) >= 11 is 0. The average Bonchev–Trinajstić information content (AvgIpc) is 2.63. The zero-order chi connectivity index (χ0) is 11.4. The Morgan fingerprint density at radius 1 is 1.47 bits per heavy atom. The Morgan fingerprint density at radius 3 is 2.60 bits per heavy atom. The van der Waals surface area contributed by atoms with Gasteiger partial charge in [0.25, 0.3) is 0 Å². The normalized spacial score (nSPS) is 9.73. The molecule has 0 spiro atoms. The van der Waals surface area contributed by atoms with Crippen molar-refractivity contribution < 1.29 is 19.1 Å². The summed E-state index contributed by atoms with van der Waals surface area (Å²) in [5, 5.41) is 7.04. The molecule has 1 rings (SSSR count). The summed E-state index contributed by atoms with van der Waals surface area (Å²) in [5.74, 6) is -2.49. The van der Waals surface area contributed by atoms with E-state index in [0.29, 0.717) is 0 Å². The van der Waals surface area contributed by atoms with Gasteiger partial charge in [0.2, 0.25) is 5.78 Å². The minimum absolute atomic E-state index is 0.0507. The van der Waals surface area contributed by atoms with Crippen LogP contribution in [0.2, 0.25) is 0 Å². The highest BCUT2D eigenvalue weighted by Gasteiger charge is 2.20. The van der Waals surface area contributed by atoms with Crippen LogP contribution in [0.25, 0.3) is 0 Å². The van der Waals surface area contributed by atoms with Crippen LogP contribution in [0.1, 0.15) is 16.9 Å². The first-order valence-corrected chi connectivity index (χ1v) is 4.05. The van der Waals surface area contributed by atoms with Gasteiger partial charge in [-0.05, 0) is 0 Å². The average molecular weight is 211 g/mol. The number of esters is 1. The van der Waals surface area contributed by atoms with Gasteiger partial charge in [-0.2, -0.15) is 0 Å². The molecule has 0 aliphatic heterocycles. The van der Waals surface area contributed by atoms with E-state index in [1.165, 1.54) is 10.9 Å². The molecule has 1 aromatic heterocycles. The SMILES string of the molecule is COC(=O)C(=O)CC(=O)c1cn(C)nn1. The summed E-state index contributed by atoms with van der Waals surface area (Å²) in [6.45, 7) is 0. The van der Waals surface area contributed by atoms with Crippen LogP contribution in [-0.4, -0.2) is 39.6 Å². The summed E-state index contributed by atoms with van der Waals surface area (Å²) < 4.78 is 5.50. The third-order valence-corrected chi connectivity index (χ3v) is 1.62. The van der Waals surface area contributed by atoms with Gasteiger partial charge < -0.3 is 4.74 Å². The number of rotatable bonds is 4. The molecule has 15 heavy (non-hydrogen) atoms. The maximum atomic E-state index is 11.3. The second kappa shape index (κ2) is 4.45. The molecule has 0 radical (unpaired) electrons. The van der Waals surface area contributed by atoms with Gasteiger partial charge in [0, 0.05) is 7.05 Å². The highest BCUT2D eigenvalue weighted by Crippen LogP contribution is 1.99. The molecular formula is C8H9N3O4. The Hall–Kier alpha value is -2.05. The lowest BCUT2D eigenvalue weighted by Gasteiger charge is -1.95. The lowest BCUT2D eigenvalue weighted by molar-refractivity contribution is -0.151. The molecular weight excluding hydrogens is 202 g/mol. The Bertz CT molecular complexity index is 410. The lowest BCUT2D eigenvalue weighted by Crippen LogP contribution is -2.19. The fourth-order valence-corrected chi connectivity index (χ4v) is 0.897. The molecule has 0 unspecified atom stereocenters. The Morgan fingerprint density at radius 2 is 2.13 bits per heavy atom. The maximum Gasteiger partial charge on any atom is 0.374 e. The Kier molecular flexibility index (Phi) is 3.27. The fraction of sp³-hybridized carbons (Fsp3) is 0.375. The first-order valence-electron chi connectivity index (χ1n) is 4.05. The number of carbonyl (C=O) groups is 3. The van der Waals surface area contributed by atoms with Crippen LogP contribution >= 0.6 is 0 Å². The number of hydrogen-bond donors (Lipinski definition) is 0. The standard InChI is InChI=1S/C8H9N3O4/c1-11-4-5(9-10-11)6(12)3-7(13)8(14)15-2/h4H,3H2,1-2H3. The predicted octanol–water partition coefficient (Wildman–Crippen LogP) is -0.870. The minimum atomic E-state index is -1.03. The van der Waals surface area contributed by atoms with Crippen molar-refractivity contribution in [2.75, 3.05) is 7.11 Å². The molecule has 80 valence electrons. The van der Waals surface area contributed by atoms with Gasteiger partial charge in [-0.25, -0.2) is 4.79 Å². The van der Waals surface area contributed by atoms with Crippen molar-refractivity contribution in [2.45, 2.75) is 6.42 Å². The van der Waals surface area contributed by atoms with Gasteiger partial charge in [-0.1, -0.05) is 5.21 Å². The number of aryl methyl sites for hydroxylation is 1. The van der Waals surface area contributed by atoms with Crippen LogP contribution in [-0.2, 0) is 21.4 Å². The van der Waals surface area contributed by atoms with Crippen molar-refractivity contribution in [1.82, 2.24) is 15.0 Å². The van der Waals surface area contributed by atoms with E-state index in [1.807, 2.05) is 0 Å². The summed E-state index contributed by atoms with van der Waals surface area (Å²) in [5.41, 5.74) is 0.0507. The van der Waals surface area contributed by atoms with Crippen molar-refractivity contribution in [1.29, 1.82) is 0 Å². The van der Waals surface area contributed by atoms with Crippen molar-refractivity contribution in [3.8, 4) is 0 Å². The van der Waals surface area contributed by atoms with E-state index in [4.69, 9.17) is 0 Å². The van der Waals surface area contributed by atoms with E-state index < -0.39 is 24.0 Å². The number of methoxy groups -OCH3 is 1. The smallest absolute Gasteiger partial charge is 0.374 e. The quantitative estimate of drug-likeness (QED) is 0.278. The van der Waals surface area contributed by atoms with E-state index in [2.05, 4.69) is 15.0 Å². The van der Waals surface area contributed by atoms with E-state index >= 15 is 0 Å². The van der Waals surface area contributed by atoms with Gasteiger partial charge in [-0.15, -0.1) is 5.10 Å². The monoisotopic (exact) mass is 211 g/mol. The topological polar surface area (TPSA) is 91.2 Å². The van der Waals surface area contributed by atoms with Crippen LogP contribution < -0.4 is 0 Å². The number of hydrogen-bond acceptors (Lipinski definition) is 6.